The van der Waals surface area contributed by atoms with Crippen molar-refractivity contribution >= 4 is 11.6 Å². The smallest absolute Gasteiger partial charge is 0.287 e. The number of nitrogens with zero attached hydrogens (tertiary/aromatic N) is 3. The topological polar surface area (TPSA) is 94.4 Å². The van der Waals surface area contributed by atoms with Crippen LogP contribution in [0.3, 0.4) is 0 Å². The lowest BCUT2D eigenvalue weighted by Gasteiger charge is -2.21. The second kappa shape index (κ2) is 5.00. The molecule has 0 spiro atoms. The van der Waals surface area contributed by atoms with Crippen LogP contribution in [0.1, 0.15) is 23.8 Å². The summed E-state index contributed by atoms with van der Waals surface area (Å²) in [6.07, 6.45) is 2.24. The molecule has 104 valence electrons. The molecule has 1 aromatic rings. The molecule has 1 aromatic heterocycles. The van der Waals surface area contributed by atoms with Crippen LogP contribution in [0.2, 0.25) is 0 Å². The summed E-state index contributed by atoms with van der Waals surface area (Å²) in [6.45, 7) is 3.15. The van der Waals surface area contributed by atoms with E-state index in [0.717, 1.165) is 6.42 Å². The third kappa shape index (κ3) is 2.46. The largest absolute Gasteiger partial charge is 0.340 e. The van der Waals surface area contributed by atoms with Gasteiger partial charge in [-0.15, -0.1) is 0 Å². The summed E-state index contributed by atoms with van der Waals surface area (Å²) in [7, 11) is 1.64. The van der Waals surface area contributed by atoms with Gasteiger partial charge in [-0.25, -0.2) is 0 Å². The summed E-state index contributed by atoms with van der Waals surface area (Å²) < 4.78 is 1.50. The minimum atomic E-state index is -0.493. The molecule has 1 aliphatic rings. The monoisotopic (exact) mass is 266 g/mol. The lowest BCUT2D eigenvalue weighted by Crippen LogP contribution is -2.35. The minimum Gasteiger partial charge on any atom is -0.340 e. The van der Waals surface area contributed by atoms with Crippen LogP contribution in [0.15, 0.2) is 12.3 Å². The van der Waals surface area contributed by atoms with E-state index in [1.165, 1.54) is 16.8 Å². The summed E-state index contributed by atoms with van der Waals surface area (Å²) in [5.41, 5.74) is 5.92. The molecule has 0 bridgehead atoms. The average Bonchev–Trinajstić information content (AvgIpc) is 2.92. The van der Waals surface area contributed by atoms with E-state index in [0.29, 0.717) is 24.7 Å². The van der Waals surface area contributed by atoms with Crippen molar-refractivity contribution in [3.8, 4) is 0 Å². The number of amides is 1. The van der Waals surface area contributed by atoms with Crippen LogP contribution >= 0.6 is 0 Å². The number of hydrogen-bond donors (Lipinski definition) is 1. The molecular formula is C12H18N4O3. The highest BCUT2D eigenvalue weighted by Crippen LogP contribution is 2.25. The fourth-order valence-corrected chi connectivity index (χ4v) is 2.60. The molecule has 2 N–H and O–H groups in total. The van der Waals surface area contributed by atoms with Crippen molar-refractivity contribution < 1.29 is 9.72 Å². The number of nitrogens with two attached hydrogens (primary N) is 1. The summed E-state index contributed by atoms with van der Waals surface area (Å²) in [4.78, 5) is 24.4. The Labute approximate surface area is 111 Å². The van der Waals surface area contributed by atoms with Crippen LogP contribution in [0.5, 0.6) is 0 Å². The van der Waals surface area contributed by atoms with Gasteiger partial charge in [0.25, 0.3) is 11.6 Å². The predicted octanol–water partition coefficient (Wildman–Crippen LogP) is 0.743. The van der Waals surface area contributed by atoms with Crippen molar-refractivity contribution in [3.05, 3.63) is 28.1 Å². The second-order valence-electron chi connectivity index (χ2n) is 5.10. The van der Waals surface area contributed by atoms with Crippen molar-refractivity contribution in [2.75, 3.05) is 13.1 Å². The van der Waals surface area contributed by atoms with Crippen molar-refractivity contribution in [2.24, 2.45) is 18.7 Å². The van der Waals surface area contributed by atoms with Crippen LogP contribution < -0.4 is 5.73 Å². The normalized spacial score (nSPS) is 22.8. The lowest BCUT2D eigenvalue weighted by molar-refractivity contribution is -0.384. The molecule has 0 saturated carbocycles. The van der Waals surface area contributed by atoms with E-state index >= 15 is 0 Å². The zero-order valence-corrected chi connectivity index (χ0v) is 11.1. The van der Waals surface area contributed by atoms with Gasteiger partial charge in [-0.3, -0.25) is 14.9 Å². The number of hydrogen-bond acceptors (Lipinski definition) is 4. The predicted molar refractivity (Wildman–Crippen MR) is 69.7 cm³/mol. The molecule has 1 fully saturated rings. The zero-order valence-electron chi connectivity index (χ0n) is 11.1. The molecule has 2 rings (SSSR count). The number of carbonyl (C=O) groups excluding carboxylic acids is 1. The Morgan fingerprint density at radius 3 is 2.79 bits per heavy atom. The van der Waals surface area contributed by atoms with Crippen LogP contribution in [0, 0.1) is 16.0 Å². The van der Waals surface area contributed by atoms with Gasteiger partial charge < -0.3 is 15.2 Å². The lowest BCUT2D eigenvalue weighted by atomic mass is 10.1. The van der Waals surface area contributed by atoms with Gasteiger partial charge in [0.05, 0.1) is 11.1 Å². The van der Waals surface area contributed by atoms with Crippen LogP contribution in [-0.2, 0) is 7.05 Å². The Hall–Kier alpha value is -1.89. The van der Waals surface area contributed by atoms with Crippen LogP contribution in [0.4, 0.5) is 5.69 Å². The Kier molecular flexibility index (Phi) is 3.57. The Morgan fingerprint density at radius 1 is 1.63 bits per heavy atom. The van der Waals surface area contributed by atoms with E-state index in [2.05, 4.69) is 0 Å². The molecule has 0 aromatic carbocycles. The maximum absolute atomic E-state index is 12.4. The van der Waals surface area contributed by atoms with Crippen LogP contribution in [0.25, 0.3) is 0 Å². The highest BCUT2D eigenvalue weighted by molar-refractivity contribution is 5.94. The Bertz CT molecular complexity index is 511. The number of likely N-dealkylation sites (tertiary alicyclic amines) is 1. The van der Waals surface area contributed by atoms with E-state index in [4.69, 9.17) is 5.73 Å². The molecule has 1 amide bonds. The molecule has 2 unspecified atom stereocenters. The molecule has 7 heteroatoms. The Balaban J connectivity index is 2.22. The number of aryl methyl sites for hydroxylation is 1. The molecule has 0 radical (unpaired) electrons. The van der Waals surface area contributed by atoms with Gasteiger partial charge in [0.15, 0.2) is 0 Å². The number of rotatable bonds is 3. The van der Waals surface area contributed by atoms with Gasteiger partial charge in [-0.05, 0) is 25.8 Å². The third-order valence-corrected chi connectivity index (χ3v) is 3.68. The van der Waals surface area contributed by atoms with Crippen molar-refractivity contribution in [2.45, 2.75) is 19.4 Å². The average molecular weight is 266 g/mol. The molecule has 1 saturated heterocycles. The van der Waals surface area contributed by atoms with Gasteiger partial charge in [-0.1, -0.05) is 0 Å². The van der Waals surface area contributed by atoms with E-state index in [-0.39, 0.29) is 17.6 Å². The first kappa shape index (κ1) is 13.5. The number of aromatic nitrogens is 1. The first-order valence-electron chi connectivity index (χ1n) is 6.25. The van der Waals surface area contributed by atoms with E-state index in [1.807, 2.05) is 6.92 Å². The second-order valence-corrected chi connectivity index (χ2v) is 5.10. The first-order valence-corrected chi connectivity index (χ1v) is 6.25. The van der Waals surface area contributed by atoms with Crippen molar-refractivity contribution in [3.63, 3.8) is 0 Å². The zero-order chi connectivity index (χ0) is 14.2. The van der Waals surface area contributed by atoms with Gasteiger partial charge >= 0.3 is 0 Å². The van der Waals surface area contributed by atoms with Gasteiger partial charge in [0.2, 0.25) is 0 Å². The highest BCUT2D eigenvalue weighted by atomic mass is 16.6. The molecular weight excluding hydrogens is 248 g/mol. The van der Waals surface area contributed by atoms with E-state index in [9.17, 15) is 14.9 Å². The maximum Gasteiger partial charge on any atom is 0.287 e. The fourth-order valence-electron chi connectivity index (χ4n) is 2.60. The summed E-state index contributed by atoms with van der Waals surface area (Å²) >= 11 is 0. The number of carbonyl (C=O) groups is 1. The van der Waals surface area contributed by atoms with Crippen molar-refractivity contribution in [1.82, 2.24) is 9.47 Å². The minimum absolute atomic E-state index is 0.0620. The fraction of sp³-hybridized carbons (Fsp3) is 0.583. The third-order valence-electron chi connectivity index (χ3n) is 3.68. The summed E-state index contributed by atoms with van der Waals surface area (Å²) in [5, 5.41) is 10.7. The summed E-state index contributed by atoms with van der Waals surface area (Å²) in [5.74, 6) is 0.147. The molecule has 2 atom stereocenters. The van der Waals surface area contributed by atoms with Gasteiger partial charge in [0, 0.05) is 25.7 Å². The molecule has 7 nitrogen and oxygen atoms in total. The standard InChI is InChI=1S/C12H18N4O3/c1-8-3-9(5-13)6-15(8)12(17)11-4-10(16(18)19)7-14(11)2/h4,7-9H,3,5-6,13H2,1-2H3. The SMILES string of the molecule is CC1CC(CN)CN1C(=O)c1cc([N+](=O)[O-])cn1C. The van der Waals surface area contributed by atoms with Gasteiger partial charge in [0.1, 0.15) is 5.69 Å². The van der Waals surface area contributed by atoms with Crippen molar-refractivity contribution in [1.29, 1.82) is 0 Å². The highest BCUT2D eigenvalue weighted by Gasteiger charge is 2.33. The number of nitro groups is 1. The maximum atomic E-state index is 12.4. The first-order chi connectivity index (χ1) is 8.93. The molecule has 19 heavy (non-hydrogen) atoms. The molecule has 2 heterocycles. The Morgan fingerprint density at radius 2 is 2.32 bits per heavy atom. The molecule has 0 aliphatic carbocycles. The van der Waals surface area contributed by atoms with E-state index in [1.54, 1.807) is 11.9 Å². The summed E-state index contributed by atoms with van der Waals surface area (Å²) in [6, 6.07) is 1.44. The van der Waals surface area contributed by atoms with E-state index < -0.39 is 4.92 Å². The quantitative estimate of drug-likeness (QED) is 0.645. The van der Waals surface area contributed by atoms with Crippen LogP contribution in [-0.4, -0.2) is 39.4 Å². The van der Waals surface area contributed by atoms with Gasteiger partial charge in [-0.2, -0.15) is 0 Å². The molecule has 1 aliphatic heterocycles.